The molecule has 0 aliphatic carbocycles. The summed E-state index contributed by atoms with van der Waals surface area (Å²) in [6.45, 7) is 56.0. The number of nitrogens with one attached hydrogen (secondary N) is 2. The topological polar surface area (TPSA) is 37.0 Å². The first-order valence-electron chi connectivity index (χ1n) is 18.2. The summed E-state index contributed by atoms with van der Waals surface area (Å²) < 4.78 is 0. The minimum absolute atomic E-state index is 0.327. The van der Waals surface area contributed by atoms with E-state index in [1.165, 1.54) is 52.2 Å². The molecule has 3 rings (SSSR count). The van der Waals surface area contributed by atoms with E-state index in [9.17, 15) is 0 Å². The summed E-state index contributed by atoms with van der Waals surface area (Å²) in [7, 11) is 0. The van der Waals surface area contributed by atoms with Crippen molar-refractivity contribution in [2.24, 2.45) is 11.8 Å². The van der Waals surface area contributed by atoms with Crippen molar-refractivity contribution in [2.75, 3.05) is 72.0 Å². The van der Waals surface area contributed by atoms with Crippen LogP contribution < -0.4 is 10.6 Å². The zero-order valence-electron chi connectivity index (χ0n) is 34.0. The normalized spacial score (nSPS) is 21.9. The highest BCUT2D eigenvalue weighted by Gasteiger charge is 2.29. The van der Waals surface area contributed by atoms with Gasteiger partial charge >= 0.3 is 0 Å². The van der Waals surface area contributed by atoms with E-state index in [-0.39, 0.29) is 0 Å². The fourth-order valence-corrected chi connectivity index (χ4v) is 5.43. The van der Waals surface area contributed by atoms with Crippen LogP contribution in [-0.4, -0.2) is 120 Å². The van der Waals surface area contributed by atoms with E-state index in [1.54, 1.807) is 0 Å². The standard InChI is InChI=1S/C13H28N2.C9H20N2.C8H18N2.2C4H10/c1-12(2,3)14-8-7-9-15(11-10-14)13(4,5)6;1-8-7-10-5-6-11(8)9(2,3)4;1-8(2,3)10-6-4-9-5-7-10;2*1-4(2)3/h7-11H2,1-6H3;8,10H,5-7H2,1-4H3;9H,4-7H2,1-3H3;2*4H,1-3H3. The molecule has 0 bridgehead atoms. The highest BCUT2D eigenvalue weighted by atomic mass is 15.3. The van der Waals surface area contributed by atoms with Crippen molar-refractivity contribution >= 4 is 0 Å². The van der Waals surface area contributed by atoms with Crippen molar-refractivity contribution in [1.29, 1.82) is 0 Å². The smallest absolute Gasteiger partial charge is 0.0198 e. The van der Waals surface area contributed by atoms with Crippen molar-refractivity contribution in [3.63, 3.8) is 0 Å². The van der Waals surface area contributed by atoms with Gasteiger partial charge in [-0.05, 0) is 121 Å². The van der Waals surface area contributed by atoms with Crippen LogP contribution in [0.1, 0.15) is 138 Å². The summed E-state index contributed by atoms with van der Waals surface area (Å²) in [4.78, 5) is 10.3. The highest BCUT2D eigenvalue weighted by Crippen LogP contribution is 2.21. The third-order valence-corrected chi connectivity index (χ3v) is 7.82. The van der Waals surface area contributed by atoms with Gasteiger partial charge in [0.2, 0.25) is 0 Å². The SMILES string of the molecule is CC(C)(C)N1CCCN(C(C)(C)C)CC1.CC(C)(C)N1CCNCC1.CC(C)C.CC(C)C.CC1CNCCN1C(C)(C)C. The Balaban J connectivity index is 0. The quantitative estimate of drug-likeness (QED) is 0.287. The minimum atomic E-state index is 0.327. The number of rotatable bonds is 0. The van der Waals surface area contributed by atoms with Crippen LogP contribution >= 0.6 is 0 Å². The number of hydrogen-bond donors (Lipinski definition) is 2. The summed E-state index contributed by atoms with van der Waals surface area (Å²) >= 11 is 0. The first-order valence-corrected chi connectivity index (χ1v) is 18.2. The predicted octanol–water partition coefficient (Wildman–Crippen LogP) is 7.68. The van der Waals surface area contributed by atoms with Crippen LogP contribution in [0.5, 0.6) is 0 Å². The Morgan fingerprint density at radius 2 is 0.773 bits per heavy atom. The summed E-state index contributed by atoms with van der Waals surface area (Å²) in [5.74, 6) is 1.67. The first kappa shape index (κ1) is 45.9. The second-order valence-electron chi connectivity index (χ2n) is 18.5. The molecular weight excluding hydrogens is 540 g/mol. The van der Waals surface area contributed by atoms with E-state index in [2.05, 4.69) is 162 Å². The Hall–Kier alpha value is -0.240. The van der Waals surface area contributed by atoms with Gasteiger partial charge < -0.3 is 10.6 Å². The molecule has 3 heterocycles. The van der Waals surface area contributed by atoms with E-state index in [4.69, 9.17) is 0 Å². The van der Waals surface area contributed by atoms with Crippen LogP contribution in [0.3, 0.4) is 0 Å². The van der Waals surface area contributed by atoms with Gasteiger partial charge in [-0.2, -0.15) is 0 Å². The maximum Gasteiger partial charge on any atom is 0.0198 e. The molecule has 268 valence electrons. The Morgan fingerprint density at radius 1 is 0.455 bits per heavy atom. The molecule has 3 saturated heterocycles. The lowest BCUT2D eigenvalue weighted by atomic mass is 10.0. The van der Waals surface area contributed by atoms with E-state index in [0.29, 0.717) is 28.2 Å². The Labute approximate surface area is 279 Å². The lowest BCUT2D eigenvalue weighted by Crippen LogP contribution is -2.56. The molecule has 6 heteroatoms. The van der Waals surface area contributed by atoms with Crippen molar-refractivity contribution in [1.82, 2.24) is 30.2 Å². The molecule has 0 aromatic carbocycles. The molecule has 44 heavy (non-hydrogen) atoms. The molecular formula is C38H86N6. The molecule has 0 amide bonds. The van der Waals surface area contributed by atoms with Gasteiger partial charge in [0.1, 0.15) is 0 Å². The van der Waals surface area contributed by atoms with Crippen LogP contribution in [0.15, 0.2) is 0 Å². The van der Waals surface area contributed by atoms with Gasteiger partial charge in [0.05, 0.1) is 0 Å². The van der Waals surface area contributed by atoms with Crippen LogP contribution in [0, 0.1) is 11.8 Å². The lowest BCUT2D eigenvalue weighted by molar-refractivity contribution is 0.0704. The van der Waals surface area contributed by atoms with Crippen molar-refractivity contribution in [3.8, 4) is 0 Å². The van der Waals surface area contributed by atoms with E-state index < -0.39 is 0 Å². The van der Waals surface area contributed by atoms with E-state index in [1.807, 2.05) is 0 Å². The molecule has 3 aliphatic rings. The van der Waals surface area contributed by atoms with Gasteiger partial charge in [0.15, 0.2) is 0 Å². The third kappa shape index (κ3) is 24.0. The summed E-state index contributed by atoms with van der Waals surface area (Å²) in [5.41, 5.74) is 1.35. The highest BCUT2D eigenvalue weighted by molar-refractivity contribution is 4.86. The average molecular weight is 627 g/mol. The molecule has 0 aromatic rings. The van der Waals surface area contributed by atoms with Gasteiger partial charge in [-0.1, -0.05) is 41.5 Å². The monoisotopic (exact) mass is 627 g/mol. The molecule has 3 fully saturated rings. The van der Waals surface area contributed by atoms with Crippen LogP contribution in [0.2, 0.25) is 0 Å². The Morgan fingerprint density at radius 3 is 1.02 bits per heavy atom. The second kappa shape index (κ2) is 21.6. The molecule has 0 radical (unpaired) electrons. The number of hydrogen-bond acceptors (Lipinski definition) is 6. The van der Waals surface area contributed by atoms with Crippen molar-refractivity contribution in [2.45, 2.75) is 166 Å². The van der Waals surface area contributed by atoms with Gasteiger partial charge in [-0.3, -0.25) is 19.6 Å². The van der Waals surface area contributed by atoms with E-state index in [0.717, 1.165) is 38.0 Å². The first-order chi connectivity index (χ1) is 19.8. The van der Waals surface area contributed by atoms with Gasteiger partial charge in [-0.25, -0.2) is 0 Å². The summed E-state index contributed by atoms with van der Waals surface area (Å²) in [5, 5.41) is 6.74. The van der Waals surface area contributed by atoms with Gasteiger partial charge in [-0.15, -0.1) is 0 Å². The minimum Gasteiger partial charge on any atom is -0.314 e. The van der Waals surface area contributed by atoms with Crippen LogP contribution in [-0.2, 0) is 0 Å². The van der Waals surface area contributed by atoms with E-state index >= 15 is 0 Å². The van der Waals surface area contributed by atoms with Crippen molar-refractivity contribution in [3.05, 3.63) is 0 Å². The average Bonchev–Trinajstić information content (AvgIpc) is 3.11. The second-order valence-corrected chi connectivity index (χ2v) is 18.5. The molecule has 2 N–H and O–H groups in total. The Kier molecular flexibility index (Phi) is 22.5. The third-order valence-electron chi connectivity index (χ3n) is 7.82. The zero-order valence-corrected chi connectivity index (χ0v) is 34.0. The largest absolute Gasteiger partial charge is 0.314 e. The fraction of sp³-hybridized carbons (Fsp3) is 1.00. The molecule has 1 unspecified atom stereocenters. The molecule has 0 spiro atoms. The number of nitrogens with zero attached hydrogens (tertiary/aromatic N) is 4. The molecule has 6 nitrogen and oxygen atoms in total. The molecule has 1 atom stereocenters. The Bertz CT molecular complexity index is 638. The number of piperazine rings is 2. The van der Waals surface area contributed by atoms with Crippen LogP contribution in [0.25, 0.3) is 0 Å². The predicted molar refractivity (Wildman–Crippen MR) is 201 cm³/mol. The zero-order chi connectivity index (χ0) is 34.9. The summed E-state index contributed by atoms with van der Waals surface area (Å²) in [6.07, 6.45) is 1.30. The van der Waals surface area contributed by atoms with Gasteiger partial charge in [0, 0.05) is 87.1 Å². The lowest BCUT2D eigenvalue weighted by Gasteiger charge is -2.43. The van der Waals surface area contributed by atoms with Crippen molar-refractivity contribution < 1.29 is 0 Å². The summed E-state index contributed by atoms with van der Waals surface area (Å²) in [6, 6.07) is 0.684. The van der Waals surface area contributed by atoms with Gasteiger partial charge in [0.25, 0.3) is 0 Å². The fourth-order valence-electron chi connectivity index (χ4n) is 5.43. The molecule has 3 aliphatic heterocycles. The maximum absolute atomic E-state index is 3.39. The molecule has 0 aromatic heterocycles. The molecule has 0 saturated carbocycles. The van der Waals surface area contributed by atoms with Crippen LogP contribution in [0.4, 0.5) is 0 Å². The maximum atomic E-state index is 3.39.